The lowest BCUT2D eigenvalue weighted by atomic mass is 9.97. The molecular formula is C19H22N2O3S. The Labute approximate surface area is 151 Å². The van der Waals surface area contributed by atoms with E-state index in [4.69, 9.17) is 4.74 Å². The van der Waals surface area contributed by atoms with Gasteiger partial charge in [0, 0.05) is 17.5 Å². The quantitative estimate of drug-likeness (QED) is 0.831. The number of rotatable bonds is 4. The van der Waals surface area contributed by atoms with Crippen LogP contribution in [-0.4, -0.2) is 39.9 Å². The number of likely N-dealkylation sites (tertiary alicyclic amines) is 1. The Bertz CT molecular complexity index is 764. The number of Topliss-reactive ketones (excluding diaryl/α,β-unsaturated/α-hetero) is 1. The van der Waals surface area contributed by atoms with Crippen molar-refractivity contribution >= 4 is 23.2 Å². The zero-order valence-corrected chi connectivity index (χ0v) is 15.5. The highest BCUT2D eigenvalue weighted by Crippen LogP contribution is 2.26. The molecule has 1 aliphatic rings. The first kappa shape index (κ1) is 17.6. The number of hydrogen-bond donors (Lipinski definition) is 0. The molecule has 1 fully saturated rings. The van der Waals surface area contributed by atoms with Crippen molar-refractivity contribution in [2.24, 2.45) is 0 Å². The maximum atomic E-state index is 12.5. The Hall–Kier alpha value is -2.21. The molecule has 0 saturated carbocycles. The summed E-state index contributed by atoms with van der Waals surface area (Å²) in [6, 6.07) is 9.49. The van der Waals surface area contributed by atoms with Gasteiger partial charge in [-0.15, -0.1) is 11.3 Å². The average Bonchev–Trinajstić information content (AvgIpc) is 2.93. The molecule has 1 amide bonds. The fourth-order valence-electron chi connectivity index (χ4n) is 2.66. The molecule has 2 heterocycles. The van der Waals surface area contributed by atoms with Gasteiger partial charge in [0.15, 0.2) is 5.78 Å². The number of ketones is 1. The highest BCUT2D eigenvalue weighted by Gasteiger charge is 2.39. The van der Waals surface area contributed by atoms with Gasteiger partial charge < -0.3 is 4.74 Å². The van der Waals surface area contributed by atoms with Crippen LogP contribution in [0.4, 0.5) is 4.79 Å². The number of aromatic nitrogens is 1. The van der Waals surface area contributed by atoms with Crippen LogP contribution in [0.5, 0.6) is 0 Å². The van der Waals surface area contributed by atoms with E-state index in [0.717, 1.165) is 16.3 Å². The lowest BCUT2D eigenvalue weighted by molar-refractivity contribution is -0.127. The summed E-state index contributed by atoms with van der Waals surface area (Å²) in [7, 11) is 0. The normalized spacial score (nSPS) is 17.1. The van der Waals surface area contributed by atoms with Gasteiger partial charge in [-0.1, -0.05) is 30.3 Å². The first-order valence-electron chi connectivity index (χ1n) is 8.35. The summed E-state index contributed by atoms with van der Waals surface area (Å²) in [5, 5.41) is 2.74. The molecule has 6 heteroatoms. The summed E-state index contributed by atoms with van der Waals surface area (Å²) in [5.41, 5.74) is 1.36. The molecule has 0 radical (unpaired) electrons. The van der Waals surface area contributed by atoms with Gasteiger partial charge in [0.2, 0.25) is 0 Å². The van der Waals surface area contributed by atoms with Crippen LogP contribution in [0.1, 0.15) is 32.2 Å². The van der Waals surface area contributed by atoms with Crippen LogP contribution >= 0.6 is 11.3 Å². The number of amides is 1. The highest BCUT2D eigenvalue weighted by atomic mass is 32.1. The number of ether oxygens (including phenoxy) is 1. The molecule has 0 spiro atoms. The maximum Gasteiger partial charge on any atom is 0.410 e. The lowest BCUT2D eigenvalue weighted by Crippen LogP contribution is -2.56. The first-order valence-corrected chi connectivity index (χ1v) is 9.23. The zero-order valence-electron chi connectivity index (χ0n) is 14.7. The number of hydrogen-bond acceptors (Lipinski definition) is 5. The van der Waals surface area contributed by atoms with E-state index >= 15 is 0 Å². The Morgan fingerprint density at radius 1 is 1.28 bits per heavy atom. The maximum absolute atomic E-state index is 12.5. The van der Waals surface area contributed by atoms with Crippen molar-refractivity contribution in [2.75, 3.05) is 6.54 Å². The van der Waals surface area contributed by atoms with Crippen molar-refractivity contribution in [3.05, 3.63) is 40.7 Å². The smallest absolute Gasteiger partial charge is 0.410 e. The molecule has 3 rings (SSSR count). The Morgan fingerprint density at radius 3 is 2.60 bits per heavy atom. The second-order valence-electron chi connectivity index (χ2n) is 7.11. The third-order valence-electron chi connectivity index (χ3n) is 3.97. The fourth-order valence-corrected chi connectivity index (χ4v) is 3.47. The van der Waals surface area contributed by atoms with Crippen molar-refractivity contribution in [2.45, 2.75) is 45.3 Å². The highest BCUT2D eigenvalue weighted by molar-refractivity contribution is 7.10. The van der Waals surface area contributed by atoms with Gasteiger partial charge in [0.25, 0.3) is 0 Å². The van der Waals surface area contributed by atoms with Gasteiger partial charge >= 0.3 is 6.09 Å². The van der Waals surface area contributed by atoms with Crippen LogP contribution in [0.25, 0.3) is 11.3 Å². The molecule has 132 valence electrons. The molecule has 0 aliphatic carbocycles. The van der Waals surface area contributed by atoms with Gasteiger partial charge in [-0.2, -0.15) is 0 Å². The van der Waals surface area contributed by atoms with E-state index in [1.54, 1.807) is 0 Å². The Kier molecular flexibility index (Phi) is 4.90. The van der Waals surface area contributed by atoms with E-state index < -0.39 is 11.7 Å². The first-order chi connectivity index (χ1) is 11.8. The topological polar surface area (TPSA) is 59.5 Å². The van der Waals surface area contributed by atoms with E-state index in [2.05, 4.69) is 4.98 Å². The SMILES string of the molecule is CC(C)(C)OC(=O)N1CC[C@H]1C(=O)Cc1nc(-c2ccccc2)cs1. The van der Waals surface area contributed by atoms with Crippen LogP contribution < -0.4 is 0 Å². The fraction of sp³-hybridized carbons (Fsp3) is 0.421. The minimum atomic E-state index is -0.555. The Morgan fingerprint density at radius 2 is 2.00 bits per heavy atom. The van der Waals surface area contributed by atoms with Crippen molar-refractivity contribution < 1.29 is 14.3 Å². The largest absolute Gasteiger partial charge is 0.444 e. The van der Waals surface area contributed by atoms with E-state index in [0.29, 0.717) is 13.0 Å². The molecule has 5 nitrogen and oxygen atoms in total. The minimum Gasteiger partial charge on any atom is -0.444 e. The molecule has 1 atom stereocenters. The second-order valence-corrected chi connectivity index (χ2v) is 8.06. The van der Waals surface area contributed by atoms with E-state index in [1.165, 1.54) is 16.2 Å². The van der Waals surface area contributed by atoms with Gasteiger partial charge in [0.05, 0.1) is 18.2 Å². The summed E-state index contributed by atoms with van der Waals surface area (Å²) in [6.07, 6.45) is 0.525. The molecule has 1 aromatic heterocycles. The van der Waals surface area contributed by atoms with Crippen molar-refractivity contribution in [3.63, 3.8) is 0 Å². The van der Waals surface area contributed by atoms with Crippen molar-refractivity contribution in [1.29, 1.82) is 0 Å². The number of benzene rings is 1. The molecular weight excluding hydrogens is 336 g/mol. The van der Waals surface area contributed by atoms with Crippen LogP contribution in [0.3, 0.4) is 0 Å². The number of nitrogens with zero attached hydrogens (tertiary/aromatic N) is 2. The van der Waals surface area contributed by atoms with Crippen molar-refractivity contribution in [3.8, 4) is 11.3 Å². The van der Waals surface area contributed by atoms with Crippen LogP contribution in [-0.2, 0) is 16.0 Å². The van der Waals surface area contributed by atoms with Crippen LogP contribution in [0.2, 0.25) is 0 Å². The van der Waals surface area contributed by atoms with Crippen LogP contribution in [0.15, 0.2) is 35.7 Å². The van der Waals surface area contributed by atoms with E-state index in [-0.39, 0.29) is 18.2 Å². The van der Waals surface area contributed by atoms with Gasteiger partial charge in [-0.05, 0) is 27.2 Å². The molecule has 0 unspecified atom stereocenters. The van der Waals surface area contributed by atoms with E-state index in [9.17, 15) is 9.59 Å². The molecule has 1 aliphatic heterocycles. The standard InChI is InChI=1S/C19H22N2O3S/c1-19(2,3)24-18(23)21-10-9-15(21)16(22)11-17-20-14(12-25-17)13-7-5-4-6-8-13/h4-8,12,15H,9-11H2,1-3H3/t15-/m0/s1. The summed E-state index contributed by atoms with van der Waals surface area (Å²) >= 11 is 1.48. The van der Waals surface area contributed by atoms with E-state index in [1.807, 2.05) is 56.5 Å². The molecule has 0 N–H and O–H groups in total. The molecule has 25 heavy (non-hydrogen) atoms. The number of thiazole rings is 1. The molecule has 1 saturated heterocycles. The summed E-state index contributed by atoms with van der Waals surface area (Å²) in [6.45, 7) is 6.03. The third-order valence-corrected chi connectivity index (χ3v) is 4.81. The predicted molar refractivity (Wildman–Crippen MR) is 97.6 cm³/mol. The lowest BCUT2D eigenvalue weighted by Gasteiger charge is -2.40. The van der Waals surface area contributed by atoms with Crippen molar-refractivity contribution in [1.82, 2.24) is 9.88 Å². The summed E-state index contributed by atoms with van der Waals surface area (Å²) < 4.78 is 5.36. The number of carbonyl (C=O) groups excluding carboxylic acids is 2. The number of carbonyl (C=O) groups is 2. The summed E-state index contributed by atoms with van der Waals surface area (Å²) in [4.78, 5) is 30.7. The average molecular weight is 358 g/mol. The summed E-state index contributed by atoms with van der Waals surface area (Å²) in [5.74, 6) is 0.0195. The van der Waals surface area contributed by atoms with Gasteiger partial charge in [-0.3, -0.25) is 9.69 Å². The van der Waals surface area contributed by atoms with Crippen LogP contribution in [0, 0.1) is 0 Å². The monoisotopic (exact) mass is 358 g/mol. The zero-order chi connectivity index (χ0) is 18.0. The third kappa shape index (κ3) is 4.25. The Balaban J connectivity index is 1.61. The molecule has 1 aromatic carbocycles. The molecule has 2 aromatic rings. The minimum absolute atomic E-state index is 0.0195. The van der Waals surface area contributed by atoms with Gasteiger partial charge in [-0.25, -0.2) is 9.78 Å². The molecule has 0 bridgehead atoms. The predicted octanol–water partition coefficient (Wildman–Crippen LogP) is 3.93. The second kappa shape index (κ2) is 6.96. The van der Waals surface area contributed by atoms with Gasteiger partial charge in [0.1, 0.15) is 10.6 Å².